The van der Waals surface area contributed by atoms with Gasteiger partial charge in [0.15, 0.2) is 0 Å². The van der Waals surface area contributed by atoms with Crippen LogP contribution in [0.15, 0.2) is 29.2 Å². The number of piperidine rings is 1. The quantitative estimate of drug-likeness (QED) is 0.601. The molecular weight excluding hydrogens is 284 g/mol. The van der Waals surface area contributed by atoms with Crippen molar-refractivity contribution in [3.63, 3.8) is 0 Å². The summed E-state index contributed by atoms with van der Waals surface area (Å²) in [5.74, 6) is 1.13. The van der Waals surface area contributed by atoms with Crippen LogP contribution in [0.4, 0.5) is 5.69 Å². The van der Waals surface area contributed by atoms with Gasteiger partial charge in [-0.25, -0.2) is 0 Å². The molecule has 0 unspecified atom stereocenters. The SMILES string of the molecule is COCCCSc1ccc(NC(=O)[C@@H]2CCCCN2)cc1. The standard InChI is InChI=1S/C16H24N2O2S/c1-20-11-4-12-21-14-8-6-13(7-9-14)18-16(19)15-5-2-3-10-17-15/h6-9,15,17H,2-5,10-12H2,1H3,(H,18,19)/t15-/m0/s1. The Morgan fingerprint density at radius 1 is 1.38 bits per heavy atom. The van der Waals surface area contributed by atoms with Crippen LogP contribution in [0.2, 0.25) is 0 Å². The van der Waals surface area contributed by atoms with E-state index in [2.05, 4.69) is 22.8 Å². The van der Waals surface area contributed by atoms with Gasteiger partial charge in [0.25, 0.3) is 0 Å². The Labute approximate surface area is 131 Å². The molecule has 1 fully saturated rings. The highest BCUT2D eigenvalue weighted by Gasteiger charge is 2.20. The van der Waals surface area contributed by atoms with Crippen molar-refractivity contribution in [2.75, 3.05) is 31.3 Å². The number of rotatable bonds is 7. The number of amides is 1. The molecule has 0 saturated carbocycles. The number of nitrogens with one attached hydrogen (secondary N) is 2. The molecule has 21 heavy (non-hydrogen) atoms. The van der Waals surface area contributed by atoms with Crippen molar-refractivity contribution in [2.24, 2.45) is 0 Å². The molecule has 1 heterocycles. The maximum atomic E-state index is 12.1. The average Bonchev–Trinajstić information content (AvgIpc) is 2.54. The topological polar surface area (TPSA) is 50.4 Å². The first kappa shape index (κ1) is 16.3. The van der Waals surface area contributed by atoms with E-state index in [1.807, 2.05) is 23.9 Å². The molecule has 1 aliphatic heterocycles. The molecular formula is C16H24N2O2S. The molecule has 1 aromatic carbocycles. The van der Waals surface area contributed by atoms with Crippen LogP contribution in [0, 0.1) is 0 Å². The van der Waals surface area contributed by atoms with Gasteiger partial charge in [0, 0.05) is 30.1 Å². The molecule has 1 atom stereocenters. The Balaban J connectivity index is 1.77. The largest absolute Gasteiger partial charge is 0.385 e. The summed E-state index contributed by atoms with van der Waals surface area (Å²) in [4.78, 5) is 13.3. The average molecular weight is 308 g/mol. The molecule has 0 bridgehead atoms. The lowest BCUT2D eigenvalue weighted by molar-refractivity contribution is -0.118. The predicted octanol–water partition coefficient (Wildman–Crippen LogP) is 2.90. The normalized spacial score (nSPS) is 18.4. The summed E-state index contributed by atoms with van der Waals surface area (Å²) in [7, 11) is 1.73. The third-order valence-corrected chi connectivity index (χ3v) is 4.61. The summed E-state index contributed by atoms with van der Waals surface area (Å²) in [5, 5.41) is 6.25. The van der Waals surface area contributed by atoms with Crippen molar-refractivity contribution >= 4 is 23.4 Å². The van der Waals surface area contributed by atoms with Gasteiger partial charge >= 0.3 is 0 Å². The number of anilines is 1. The molecule has 2 N–H and O–H groups in total. The van der Waals surface area contributed by atoms with Crippen LogP contribution in [0.5, 0.6) is 0 Å². The third-order valence-electron chi connectivity index (χ3n) is 3.51. The Morgan fingerprint density at radius 2 is 2.19 bits per heavy atom. The zero-order chi connectivity index (χ0) is 14.9. The van der Waals surface area contributed by atoms with E-state index in [0.29, 0.717) is 0 Å². The molecule has 1 amide bonds. The molecule has 0 spiro atoms. The second kappa shape index (κ2) is 9.07. The van der Waals surface area contributed by atoms with Crippen LogP contribution < -0.4 is 10.6 Å². The lowest BCUT2D eigenvalue weighted by Crippen LogP contribution is -2.43. The summed E-state index contributed by atoms with van der Waals surface area (Å²) < 4.78 is 5.03. The first-order valence-corrected chi connectivity index (χ1v) is 8.54. The van der Waals surface area contributed by atoms with Crippen LogP contribution in [0.25, 0.3) is 0 Å². The summed E-state index contributed by atoms with van der Waals surface area (Å²) in [6, 6.07) is 8.02. The van der Waals surface area contributed by atoms with E-state index < -0.39 is 0 Å². The second-order valence-corrected chi connectivity index (χ2v) is 6.38. The molecule has 2 rings (SSSR count). The second-order valence-electron chi connectivity index (χ2n) is 5.21. The number of thioether (sulfide) groups is 1. The lowest BCUT2D eigenvalue weighted by Gasteiger charge is -2.22. The first-order valence-electron chi connectivity index (χ1n) is 7.55. The van der Waals surface area contributed by atoms with Gasteiger partial charge in [-0.15, -0.1) is 11.8 Å². The lowest BCUT2D eigenvalue weighted by atomic mass is 10.0. The molecule has 116 valence electrons. The van der Waals surface area contributed by atoms with Gasteiger partial charge in [0.05, 0.1) is 6.04 Å². The van der Waals surface area contributed by atoms with Gasteiger partial charge in [-0.05, 0) is 50.1 Å². The van der Waals surface area contributed by atoms with Crippen molar-refractivity contribution in [1.82, 2.24) is 5.32 Å². The Morgan fingerprint density at radius 3 is 2.86 bits per heavy atom. The Bertz CT molecular complexity index is 430. The zero-order valence-corrected chi connectivity index (χ0v) is 13.4. The maximum Gasteiger partial charge on any atom is 0.241 e. The van der Waals surface area contributed by atoms with Crippen LogP contribution >= 0.6 is 11.8 Å². The van der Waals surface area contributed by atoms with Gasteiger partial charge in [-0.3, -0.25) is 4.79 Å². The Kier molecular flexibility index (Phi) is 7.06. The van der Waals surface area contributed by atoms with Crippen molar-refractivity contribution in [3.8, 4) is 0 Å². The van der Waals surface area contributed by atoms with Crippen LogP contribution in [0.1, 0.15) is 25.7 Å². The van der Waals surface area contributed by atoms with Gasteiger partial charge < -0.3 is 15.4 Å². The highest BCUT2D eigenvalue weighted by atomic mass is 32.2. The molecule has 0 radical (unpaired) electrons. The zero-order valence-electron chi connectivity index (χ0n) is 12.6. The summed E-state index contributed by atoms with van der Waals surface area (Å²) in [6.45, 7) is 1.74. The van der Waals surface area contributed by atoms with Gasteiger partial charge in [-0.2, -0.15) is 0 Å². The summed E-state index contributed by atoms with van der Waals surface area (Å²) in [5.41, 5.74) is 0.869. The maximum absolute atomic E-state index is 12.1. The fraction of sp³-hybridized carbons (Fsp3) is 0.562. The fourth-order valence-electron chi connectivity index (χ4n) is 2.33. The molecule has 4 nitrogen and oxygen atoms in total. The van der Waals surface area contributed by atoms with Crippen LogP contribution in [-0.2, 0) is 9.53 Å². The van der Waals surface area contributed by atoms with E-state index in [-0.39, 0.29) is 11.9 Å². The molecule has 1 saturated heterocycles. The minimum atomic E-state index is -0.0400. The first-order chi connectivity index (χ1) is 10.3. The van der Waals surface area contributed by atoms with Crippen LogP contribution in [0.3, 0.4) is 0 Å². The molecule has 0 aromatic heterocycles. The predicted molar refractivity (Wildman–Crippen MR) is 87.9 cm³/mol. The van der Waals surface area contributed by atoms with Crippen molar-refractivity contribution in [3.05, 3.63) is 24.3 Å². The van der Waals surface area contributed by atoms with E-state index in [4.69, 9.17) is 4.74 Å². The Hall–Kier alpha value is -1.04. The highest BCUT2D eigenvalue weighted by molar-refractivity contribution is 7.99. The third kappa shape index (κ3) is 5.69. The van der Waals surface area contributed by atoms with Crippen LogP contribution in [-0.4, -0.2) is 38.0 Å². The summed E-state index contributed by atoms with van der Waals surface area (Å²) >= 11 is 1.81. The number of carbonyl (C=O) groups is 1. The van der Waals surface area contributed by atoms with Gasteiger partial charge in [0.1, 0.15) is 0 Å². The van der Waals surface area contributed by atoms with Crippen molar-refractivity contribution in [2.45, 2.75) is 36.6 Å². The van der Waals surface area contributed by atoms with E-state index >= 15 is 0 Å². The molecule has 1 aliphatic rings. The number of benzene rings is 1. The van der Waals surface area contributed by atoms with Gasteiger partial charge in [-0.1, -0.05) is 6.42 Å². The number of hydrogen-bond acceptors (Lipinski definition) is 4. The van der Waals surface area contributed by atoms with E-state index in [1.165, 1.54) is 11.3 Å². The molecule has 1 aromatic rings. The van der Waals surface area contributed by atoms with E-state index in [1.54, 1.807) is 7.11 Å². The minimum Gasteiger partial charge on any atom is -0.385 e. The molecule has 0 aliphatic carbocycles. The van der Waals surface area contributed by atoms with E-state index in [9.17, 15) is 4.79 Å². The fourth-order valence-corrected chi connectivity index (χ4v) is 3.16. The molecule has 5 heteroatoms. The highest BCUT2D eigenvalue weighted by Crippen LogP contribution is 2.21. The number of methoxy groups -OCH3 is 1. The number of carbonyl (C=O) groups excluding carboxylic acids is 1. The van der Waals surface area contributed by atoms with E-state index in [0.717, 1.165) is 43.9 Å². The van der Waals surface area contributed by atoms with Crippen molar-refractivity contribution < 1.29 is 9.53 Å². The van der Waals surface area contributed by atoms with Gasteiger partial charge in [0.2, 0.25) is 5.91 Å². The van der Waals surface area contributed by atoms with Crippen molar-refractivity contribution in [1.29, 1.82) is 0 Å². The summed E-state index contributed by atoms with van der Waals surface area (Å²) in [6.07, 6.45) is 4.27. The smallest absolute Gasteiger partial charge is 0.241 e. The minimum absolute atomic E-state index is 0.0400. The monoisotopic (exact) mass is 308 g/mol. The number of hydrogen-bond donors (Lipinski definition) is 2. The number of ether oxygens (including phenoxy) is 1.